The van der Waals surface area contributed by atoms with Crippen molar-refractivity contribution in [1.29, 1.82) is 5.26 Å². The van der Waals surface area contributed by atoms with Crippen LogP contribution in [0.3, 0.4) is 0 Å². The Morgan fingerprint density at radius 2 is 2.24 bits per heavy atom. The number of hydrogen-bond donors (Lipinski definition) is 0. The first-order valence-corrected chi connectivity index (χ1v) is 9.74. The summed E-state index contributed by atoms with van der Waals surface area (Å²) in [5.74, 6) is 0.701. The van der Waals surface area contributed by atoms with E-state index in [2.05, 4.69) is 17.9 Å². The van der Waals surface area contributed by atoms with Crippen LogP contribution in [0.2, 0.25) is 0 Å². The van der Waals surface area contributed by atoms with Crippen LogP contribution in [0.1, 0.15) is 36.0 Å². The van der Waals surface area contributed by atoms with E-state index in [1.54, 1.807) is 15.9 Å². The Bertz CT molecular complexity index is 895. The van der Waals surface area contributed by atoms with E-state index in [1.807, 2.05) is 0 Å². The minimum atomic E-state index is -0.0396. The van der Waals surface area contributed by atoms with E-state index in [9.17, 15) is 10.1 Å². The van der Waals surface area contributed by atoms with Crippen molar-refractivity contribution in [3.63, 3.8) is 0 Å². The summed E-state index contributed by atoms with van der Waals surface area (Å²) < 4.78 is 7.17. The van der Waals surface area contributed by atoms with Crippen molar-refractivity contribution in [2.24, 2.45) is 0 Å². The van der Waals surface area contributed by atoms with Gasteiger partial charge in [0.1, 0.15) is 17.2 Å². The average molecular weight is 358 g/mol. The molecule has 132 valence electrons. The average Bonchev–Trinajstić information content (AvgIpc) is 2.96. The van der Waals surface area contributed by atoms with Gasteiger partial charge in [-0.2, -0.15) is 5.26 Å². The molecule has 2 aromatic heterocycles. The van der Waals surface area contributed by atoms with Gasteiger partial charge in [-0.05, 0) is 38.2 Å². The van der Waals surface area contributed by atoms with Crippen LogP contribution < -0.4 is 5.56 Å². The molecule has 1 aliphatic heterocycles. The lowest BCUT2D eigenvalue weighted by Crippen LogP contribution is -2.42. The molecule has 3 heterocycles. The second-order valence-corrected chi connectivity index (χ2v) is 7.97. The molecule has 0 N–H and O–H groups in total. The number of thiophene rings is 1. The fourth-order valence-corrected chi connectivity index (χ4v) is 5.14. The van der Waals surface area contributed by atoms with Crippen molar-refractivity contribution in [1.82, 2.24) is 14.5 Å². The maximum absolute atomic E-state index is 13.1. The first-order chi connectivity index (χ1) is 12.2. The lowest BCUT2D eigenvalue weighted by Gasteiger charge is -2.31. The van der Waals surface area contributed by atoms with Crippen molar-refractivity contribution in [3.8, 4) is 6.07 Å². The third-order valence-electron chi connectivity index (χ3n) is 5.07. The molecule has 1 atom stereocenters. The number of nitriles is 1. The van der Waals surface area contributed by atoms with Crippen LogP contribution in [-0.4, -0.2) is 40.3 Å². The number of morpholine rings is 1. The zero-order valence-electron chi connectivity index (χ0n) is 14.5. The molecular weight excluding hydrogens is 336 g/mol. The highest BCUT2D eigenvalue weighted by atomic mass is 32.1. The highest BCUT2D eigenvalue weighted by Gasteiger charge is 2.24. The number of rotatable bonds is 3. The maximum Gasteiger partial charge on any atom is 0.263 e. The van der Waals surface area contributed by atoms with Gasteiger partial charge in [0.2, 0.25) is 0 Å². The Morgan fingerprint density at radius 1 is 1.40 bits per heavy atom. The molecule has 0 bridgehead atoms. The van der Waals surface area contributed by atoms with Crippen molar-refractivity contribution >= 4 is 21.6 Å². The van der Waals surface area contributed by atoms with E-state index in [0.717, 1.165) is 42.6 Å². The summed E-state index contributed by atoms with van der Waals surface area (Å²) in [7, 11) is 0. The predicted molar refractivity (Wildman–Crippen MR) is 96.8 cm³/mol. The predicted octanol–water partition coefficient (Wildman–Crippen LogP) is 2.08. The molecule has 7 heteroatoms. The summed E-state index contributed by atoms with van der Waals surface area (Å²) in [5.41, 5.74) is 1.14. The smallest absolute Gasteiger partial charge is 0.263 e. The molecule has 2 aromatic rings. The van der Waals surface area contributed by atoms with Gasteiger partial charge in [-0.25, -0.2) is 4.98 Å². The second kappa shape index (κ2) is 6.87. The Labute approximate surface area is 150 Å². The number of fused-ring (bicyclic) bond motifs is 3. The molecule has 1 aliphatic carbocycles. The minimum absolute atomic E-state index is 0.0396. The van der Waals surface area contributed by atoms with Gasteiger partial charge >= 0.3 is 0 Å². The molecule has 1 unspecified atom stereocenters. The zero-order valence-corrected chi connectivity index (χ0v) is 15.3. The summed E-state index contributed by atoms with van der Waals surface area (Å²) in [5, 5.41) is 9.97. The highest BCUT2D eigenvalue weighted by molar-refractivity contribution is 7.18. The summed E-state index contributed by atoms with van der Waals surface area (Å²) in [6.07, 6.45) is 4.50. The lowest BCUT2D eigenvalue weighted by molar-refractivity contribution is -0.0223. The van der Waals surface area contributed by atoms with E-state index < -0.39 is 0 Å². The quantitative estimate of drug-likeness (QED) is 0.840. The van der Waals surface area contributed by atoms with E-state index in [-0.39, 0.29) is 18.2 Å². The normalized spacial score (nSPS) is 21.2. The fourth-order valence-electron chi connectivity index (χ4n) is 3.87. The van der Waals surface area contributed by atoms with Gasteiger partial charge in [0, 0.05) is 18.0 Å². The fraction of sp³-hybridized carbons (Fsp3) is 0.611. The van der Waals surface area contributed by atoms with Crippen LogP contribution in [-0.2, 0) is 30.7 Å². The highest BCUT2D eigenvalue weighted by Crippen LogP contribution is 2.33. The standard InChI is InChI=1S/C18H22N4O2S/c1-12-10-21(8-9-24-12)11-15-20-17-16(18(23)22(15)7-6-19)13-4-2-3-5-14(13)25-17/h12H,2-5,7-11H2,1H3. The van der Waals surface area contributed by atoms with Gasteiger partial charge in [-0.3, -0.25) is 14.3 Å². The van der Waals surface area contributed by atoms with Gasteiger partial charge in [-0.15, -0.1) is 11.3 Å². The van der Waals surface area contributed by atoms with Crippen LogP contribution in [0.25, 0.3) is 10.2 Å². The molecule has 0 radical (unpaired) electrons. The molecule has 25 heavy (non-hydrogen) atoms. The molecule has 2 aliphatic rings. The minimum Gasteiger partial charge on any atom is -0.376 e. The summed E-state index contributed by atoms with van der Waals surface area (Å²) in [4.78, 5) is 22.4. The van der Waals surface area contributed by atoms with Crippen molar-refractivity contribution in [2.45, 2.75) is 51.8 Å². The maximum atomic E-state index is 13.1. The first-order valence-electron chi connectivity index (χ1n) is 8.92. The van der Waals surface area contributed by atoms with Gasteiger partial charge in [0.05, 0.1) is 30.7 Å². The molecule has 1 fully saturated rings. The summed E-state index contributed by atoms with van der Waals surface area (Å²) in [6.45, 7) is 5.04. The van der Waals surface area contributed by atoms with Crippen LogP contribution in [0.4, 0.5) is 0 Å². The zero-order chi connectivity index (χ0) is 17.4. The van der Waals surface area contributed by atoms with Crippen molar-refractivity contribution in [2.75, 3.05) is 19.7 Å². The van der Waals surface area contributed by atoms with Gasteiger partial charge in [0.15, 0.2) is 0 Å². The number of ether oxygens (including phenoxy) is 1. The first kappa shape index (κ1) is 16.7. The number of aryl methyl sites for hydroxylation is 2. The van der Waals surface area contributed by atoms with E-state index in [1.165, 1.54) is 16.9 Å². The number of aromatic nitrogens is 2. The largest absolute Gasteiger partial charge is 0.376 e. The van der Waals surface area contributed by atoms with E-state index >= 15 is 0 Å². The molecule has 0 saturated carbocycles. The molecule has 1 saturated heterocycles. The van der Waals surface area contributed by atoms with Crippen LogP contribution in [0.15, 0.2) is 4.79 Å². The molecular formula is C18H22N4O2S. The van der Waals surface area contributed by atoms with E-state index in [4.69, 9.17) is 9.72 Å². The molecule has 0 aromatic carbocycles. The Hall–Kier alpha value is -1.75. The van der Waals surface area contributed by atoms with E-state index in [0.29, 0.717) is 19.0 Å². The van der Waals surface area contributed by atoms with Crippen LogP contribution >= 0.6 is 11.3 Å². The second-order valence-electron chi connectivity index (χ2n) is 6.89. The Balaban J connectivity index is 1.79. The summed E-state index contributed by atoms with van der Waals surface area (Å²) in [6, 6.07) is 2.13. The Kier molecular flexibility index (Phi) is 4.59. The van der Waals surface area contributed by atoms with Gasteiger partial charge < -0.3 is 4.74 Å². The number of hydrogen-bond acceptors (Lipinski definition) is 6. The van der Waals surface area contributed by atoms with Crippen LogP contribution in [0, 0.1) is 11.3 Å². The molecule has 4 rings (SSSR count). The number of nitrogens with zero attached hydrogens (tertiary/aromatic N) is 4. The third-order valence-corrected chi connectivity index (χ3v) is 6.26. The van der Waals surface area contributed by atoms with Crippen molar-refractivity contribution < 1.29 is 4.74 Å². The molecule has 6 nitrogen and oxygen atoms in total. The van der Waals surface area contributed by atoms with Gasteiger partial charge in [-0.1, -0.05) is 0 Å². The van der Waals surface area contributed by atoms with Crippen LogP contribution in [0.5, 0.6) is 0 Å². The Morgan fingerprint density at radius 3 is 3.04 bits per heavy atom. The summed E-state index contributed by atoms with van der Waals surface area (Å²) >= 11 is 1.67. The molecule has 0 amide bonds. The third kappa shape index (κ3) is 3.10. The molecule has 0 spiro atoms. The topological polar surface area (TPSA) is 71.2 Å². The SMILES string of the molecule is CC1CN(Cc2nc3sc4c(c3c(=O)n2CC#N)CCCC4)CCO1. The van der Waals surface area contributed by atoms with Crippen molar-refractivity contribution in [3.05, 3.63) is 26.6 Å². The van der Waals surface area contributed by atoms with Gasteiger partial charge in [0.25, 0.3) is 5.56 Å². The lowest BCUT2D eigenvalue weighted by atomic mass is 9.97. The monoisotopic (exact) mass is 358 g/mol.